The average molecular weight is 517 g/mol. The lowest BCUT2D eigenvalue weighted by molar-refractivity contribution is -0.122. The summed E-state index contributed by atoms with van der Waals surface area (Å²) in [5, 5.41) is 5.58. The van der Waals surface area contributed by atoms with Crippen LogP contribution in [0.25, 0.3) is 5.70 Å². The Balaban J connectivity index is 2.18. The molecule has 196 valence electrons. The second-order valence-electron chi connectivity index (χ2n) is 8.49. The predicted octanol–water partition coefficient (Wildman–Crippen LogP) is 5.75. The van der Waals surface area contributed by atoms with Crippen LogP contribution >= 0.6 is 7.60 Å². The first-order valence-electron chi connectivity index (χ1n) is 12.2. The van der Waals surface area contributed by atoms with Crippen LogP contribution in [-0.2, 0) is 29.8 Å². The van der Waals surface area contributed by atoms with E-state index in [0.29, 0.717) is 12.1 Å². The minimum Gasteiger partial charge on any atom is -0.445 e. The molecule has 0 unspecified atom stereocenters. The minimum absolute atomic E-state index is 0.0133. The molecule has 0 bridgehead atoms. The van der Waals surface area contributed by atoms with Gasteiger partial charge in [0.25, 0.3) is 0 Å². The zero-order valence-corrected chi connectivity index (χ0v) is 22.3. The van der Waals surface area contributed by atoms with Crippen molar-refractivity contribution in [1.82, 2.24) is 10.6 Å². The molecule has 9 heteroatoms. The maximum Gasteiger partial charge on any atom is 0.408 e. The van der Waals surface area contributed by atoms with Gasteiger partial charge >= 0.3 is 13.7 Å². The van der Waals surface area contributed by atoms with Gasteiger partial charge in [0, 0.05) is 5.70 Å². The van der Waals surface area contributed by atoms with Crippen LogP contribution in [0.5, 0.6) is 0 Å². The van der Waals surface area contributed by atoms with E-state index in [1.54, 1.807) is 19.9 Å². The first kappa shape index (κ1) is 29.3. The average Bonchev–Trinajstić information content (AvgIpc) is 2.86. The highest BCUT2D eigenvalue weighted by atomic mass is 31.2. The Morgan fingerprint density at radius 2 is 1.53 bits per heavy atom. The fourth-order valence-electron chi connectivity index (χ4n) is 3.43. The zero-order chi connectivity index (χ0) is 26.4. The van der Waals surface area contributed by atoms with Gasteiger partial charge < -0.3 is 24.4 Å². The monoisotopic (exact) mass is 516 g/mol. The van der Waals surface area contributed by atoms with Gasteiger partial charge in [-0.15, -0.1) is 0 Å². The number of alkyl carbamates (subject to hydrolysis) is 1. The molecule has 0 saturated heterocycles. The first-order chi connectivity index (χ1) is 17.3. The quantitative estimate of drug-likeness (QED) is 0.310. The summed E-state index contributed by atoms with van der Waals surface area (Å²) in [5.41, 5.74) is 2.02. The standard InChI is InChI=1S/C27H37N2O6P/c1-5-34-36(32,35-6-2)18-17-24(23-15-11-8-12-16-23)28-26(30)25(19-21(3)4)29-27(31)33-20-22-13-9-7-10-14-22/h7-17,21,25H,5-6,18-20H2,1-4H3,(H,28,30)(H,29,31)/b24-17+/t25-/m0/s1. The molecule has 0 spiro atoms. The molecule has 8 nitrogen and oxygen atoms in total. The van der Waals surface area contributed by atoms with E-state index in [2.05, 4.69) is 10.6 Å². The highest BCUT2D eigenvalue weighted by molar-refractivity contribution is 7.54. The molecule has 0 aliphatic carbocycles. The maximum absolute atomic E-state index is 13.3. The Morgan fingerprint density at radius 1 is 0.944 bits per heavy atom. The molecule has 2 rings (SSSR count). The molecule has 0 saturated carbocycles. The summed E-state index contributed by atoms with van der Waals surface area (Å²) < 4.78 is 29.0. The van der Waals surface area contributed by atoms with Crippen molar-refractivity contribution in [2.75, 3.05) is 19.4 Å². The van der Waals surface area contributed by atoms with Crippen LogP contribution in [0, 0.1) is 5.92 Å². The summed E-state index contributed by atoms with van der Waals surface area (Å²) in [6, 6.07) is 17.7. The van der Waals surface area contributed by atoms with E-state index in [0.717, 1.165) is 11.1 Å². The van der Waals surface area contributed by atoms with E-state index in [9.17, 15) is 14.2 Å². The summed E-state index contributed by atoms with van der Waals surface area (Å²) in [7, 11) is -3.36. The van der Waals surface area contributed by atoms with E-state index >= 15 is 0 Å². The summed E-state index contributed by atoms with van der Waals surface area (Å²) in [4.78, 5) is 25.8. The number of hydrogen-bond donors (Lipinski definition) is 2. The number of ether oxygens (including phenoxy) is 1. The second-order valence-corrected chi connectivity index (χ2v) is 10.6. The Kier molecular flexibility index (Phi) is 12.4. The third-order valence-electron chi connectivity index (χ3n) is 5.04. The Morgan fingerprint density at radius 3 is 2.08 bits per heavy atom. The lowest BCUT2D eigenvalue weighted by Gasteiger charge is -2.22. The van der Waals surface area contributed by atoms with Gasteiger partial charge in [-0.05, 0) is 43.4 Å². The van der Waals surface area contributed by atoms with Crippen molar-refractivity contribution in [2.45, 2.75) is 46.8 Å². The van der Waals surface area contributed by atoms with Crippen molar-refractivity contribution in [1.29, 1.82) is 0 Å². The van der Waals surface area contributed by atoms with Crippen molar-refractivity contribution >= 4 is 25.3 Å². The van der Waals surface area contributed by atoms with E-state index in [4.69, 9.17) is 13.8 Å². The smallest absolute Gasteiger partial charge is 0.408 e. The lowest BCUT2D eigenvalue weighted by atomic mass is 10.0. The van der Waals surface area contributed by atoms with E-state index in [1.807, 2.05) is 74.5 Å². The van der Waals surface area contributed by atoms with Gasteiger partial charge in [-0.2, -0.15) is 0 Å². The molecule has 0 radical (unpaired) electrons. The molecule has 0 fully saturated rings. The first-order valence-corrected chi connectivity index (χ1v) is 13.9. The van der Waals surface area contributed by atoms with E-state index in [-0.39, 0.29) is 31.9 Å². The molecule has 0 heterocycles. The topological polar surface area (TPSA) is 103 Å². The third kappa shape index (κ3) is 10.4. The highest BCUT2D eigenvalue weighted by Crippen LogP contribution is 2.48. The number of allylic oxidation sites excluding steroid dienone is 1. The van der Waals surface area contributed by atoms with Crippen LogP contribution in [0.15, 0.2) is 66.7 Å². The minimum atomic E-state index is -3.36. The number of carbonyl (C=O) groups is 2. The number of nitrogens with one attached hydrogen (secondary N) is 2. The van der Waals surface area contributed by atoms with Gasteiger partial charge in [0.1, 0.15) is 12.6 Å². The zero-order valence-electron chi connectivity index (χ0n) is 21.4. The normalized spacial score (nSPS) is 12.8. The number of benzene rings is 2. The third-order valence-corrected chi connectivity index (χ3v) is 6.97. The van der Waals surface area contributed by atoms with Gasteiger partial charge in [0.05, 0.1) is 19.4 Å². The summed E-state index contributed by atoms with van der Waals surface area (Å²) in [5.74, 6) is -0.270. The van der Waals surface area contributed by atoms with E-state index in [1.165, 1.54) is 0 Å². The van der Waals surface area contributed by atoms with Crippen molar-refractivity contribution < 1.29 is 27.9 Å². The molecule has 2 aromatic carbocycles. The van der Waals surface area contributed by atoms with Gasteiger partial charge in [-0.25, -0.2) is 4.79 Å². The van der Waals surface area contributed by atoms with Crippen LogP contribution in [0.2, 0.25) is 0 Å². The summed E-state index contributed by atoms with van der Waals surface area (Å²) in [6.07, 6.45) is 1.35. The van der Waals surface area contributed by atoms with Crippen molar-refractivity contribution in [3.05, 3.63) is 77.9 Å². The molecule has 0 aliphatic heterocycles. The second kappa shape index (κ2) is 15.2. The predicted molar refractivity (Wildman–Crippen MR) is 141 cm³/mol. The van der Waals surface area contributed by atoms with Crippen LogP contribution in [0.4, 0.5) is 4.79 Å². The summed E-state index contributed by atoms with van der Waals surface area (Å²) >= 11 is 0. The van der Waals surface area contributed by atoms with Crippen molar-refractivity contribution in [3.8, 4) is 0 Å². The Labute approximate surface area is 213 Å². The highest BCUT2D eigenvalue weighted by Gasteiger charge is 2.26. The maximum atomic E-state index is 13.3. The molecule has 2 N–H and O–H groups in total. The molecular weight excluding hydrogens is 479 g/mol. The molecule has 2 amide bonds. The van der Waals surface area contributed by atoms with E-state index < -0.39 is 25.6 Å². The fraction of sp³-hybridized carbons (Fsp3) is 0.407. The Hall–Kier alpha value is -2.93. The fourth-order valence-corrected chi connectivity index (χ4v) is 4.91. The van der Waals surface area contributed by atoms with Crippen molar-refractivity contribution in [3.63, 3.8) is 0 Å². The van der Waals surface area contributed by atoms with Gasteiger partial charge in [-0.3, -0.25) is 9.36 Å². The lowest BCUT2D eigenvalue weighted by Crippen LogP contribution is -2.47. The molecule has 0 aliphatic rings. The van der Waals surface area contributed by atoms with Gasteiger partial charge in [0.15, 0.2) is 0 Å². The van der Waals surface area contributed by atoms with Crippen LogP contribution in [-0.4, -0.2) is 37.4 Å². The van der Waals surface area contributed by atoms with Crippen LogP contribution in [0.3, 0.4) is 0 Å². The van der Waals surface area contributed by atoms with Gasteiger partial charge in [-0.1, -0.05) is 74.5 Å². The largest absolute Gasteiger partial charge is 0.445 e. The molecule has 2 aromatic rings. The molecule has 1 atom stereocenters. The molecular formula is C27H37N2O6P. The molecule has 36 heavy (non-hydrogen) atoms. The Bertz CT molecular complexity index is 1020. The van der Waals surface area contributed by atoms with Crippen LogP contribution < -0.4 is 10.6 Å². The van der Waals surface area contributed by atoms with Crippen LogP contribution in [0.1, 0.15) is 45.2 Å². The number of amides is 2. The number of hydrogen-bond acceptors (Lipinski definition) is 6. The number of rotatable bonds is 14. The van der Waals surface area contributed by atoms with Crippen molar-refractivity contribution in [2.24, 2.45) is 5.92 Å². The SMILES string of the molecule is CCOP(=O)(C/C=C(/NC(=O)[C@H](CC(C)C)NC(=O)OCc1ccccc1)c1ccccc1)OCC. The molecule has 0 aromatic heterocycles. The summed E-state index contributed by atoms with van der Waals surface area (Å²) in [6.45, 7) is 8.00. The number of carbonyl (C=O) groups excluding carboxylic acids is 2. The van der Waals surface area contributed by atoms with Gasteiger partial charge in [0.2, 0.25) is 5.91 Å².